The molecule has 0 radical (unpaired) electrons. The van der Waals surface area contributed by atoms with Crippen molar-refractivity contribution in [3.05, 3.63) is 29.8 Å². The van der Waals surface area contributed by atoms with Crippen LogP contribution >= 0.6 is 11.8 Å². The minimum absolute atomic E-state index is 0.127. The molecule has 1 aromatic carbocycles. The van der Waals surface area contributed by atoms with E-state index in [4.69, 9.17) is 9.47 Å². The molecule has 0 heterocycles. The second-order valence-electron chi connectivity index (χ2n) is 3.53. The van der Waals surface area contributed by atoms with Crippen LogP contribution in [0.4, 0.5) is 0 Å². The minimum atomic E-state index is -0.891. The highest BCUT2D eigenvalue weighted by atomic mass is 32.2. The number of hydrogen-bond donors (Lipinski definition) is 1. The van der Waals surface area contributed by atoms with Gasteiger partial charge in [-0.15, -0.1) is 11.8 Å². The number of thioether (sulfide) groups is 1. The van der Waals surface area contributed by atoms with Crippen molar-refractivity contribution in [1.29, 1.82) is 0 Å². The van der Waals surface area contributed by atoms with E-state index in [-0.39, 0.29) is 6.10 Å². The van der Waals surface area contributed by atoms with Crippen molar-refractivity contribution < 1.29 is 14.6 Å². The van der Waals surface area contributed by atoms with Crippen molar-refractivity contribution in [2.24, 2.45) is 0 Å². The van der Waals surface area contributed by atoms with Crippen LogP contribution in [0.2, 0.25) is 0 Å². The van der Waals surface area contributed by atoms with Gasteiger partial charge in [0.05, 0.1) is 12.7 Å². The average molecular weight is 242 g/mol. The molecule has 1 rings (SSSR count). The summed E-state index contributed by atoms with van der Waals surface area (Å²) in [5.41, 5.74) is 0.773. The zero-order valence-electron chi connectivity index (χ0n) is 9.84. The van der Waals surface area contributed by atoms with Crippen molar-refractivity contribution in [2.75, 3.05) is 20.0 Å². The largest absolute Gasteiger partial charge is 0.382 e. The Hall–Kier alpha value is -0.550. The van der Waals surface area contributed by atoms with Gasteiger partial charge in [0.25, 0.3) is 0 Å². The van der Waals surface area contributed by atoms with Crippen LogP contribution in [0.5, 0.6) is 0 Å². The normalized spacial score (nSPS) is 14.8. The molecule has 16 heavy (non-hydrogen) atoms. The molecular formula is C12H18O3S. The maximum atomic E-state index is 9.85. The molecule has 0 bridgehead atoms. The number of aliphatic hydroxyl groups is 1. The molecule has 2 unspecified atom stereocenters. The van der Waals surface area contributed by atoms with Crippen LogP contribution in [0.15, 0.2) is 29.2 Å². The fourth-order valence-electron chi connectivity index (χ4n) is 1.37. The zero-order valence-corrected chi connectivity index (χ0v) is 10.7. The van der Waals surface area contributed by atoms with E-state index in [0.717, 1.165) is 10.5 Å². The number of rotatable bonds is 6. The quantitative estimate of drug-likeness (QED) is 0.614. The maximum absolute atomic E-state index is 9.85. The van der Waals surface area contributed by atoms with Gasteiger partial charge >= 0.3 is 0 Å². The van der Waals surface area contributed by atoms with E-state index >= 15 is 0 Å². The summed E-state index contributed by atoms with van der Waals surface area (Å²) >= 11 is 1.64. The molecule has 0 saturated carbocycles. The van der Waals surface area contributed by atoms with Gasteiger partial charge in [-0.3, -0.25) is 0 Å². The summed E-state index contributed by atoms with van der Waals surface area (Å²) in [6.07, 6.45) is 0.982. The number of hydrogen-bond acceptors (Lipinski definition) is 4. The van der Waals surface area contributed by atoms with Crippen LogP contribution < -0.4 is 0 Å². The van der Waals surface area contributed by atoms with Crippen LogP contribution in [-0.4, -0.2) is 31.2 Å². The highest BCUT2D eigenvalue weighted by molar-refractivity contribution is 7.98. The molecule has 3 nitrogen and oxygen atoms in total. The van der Waals surface area contributed by atoms with Gasteiger partial charge in [-0.2, -0.15) is 0 Å². The fraction of sp³-hybridized carbons (Fsp3) is 0.500. The molecule has 0 aliphatic carbocycles. The first-order valence-electron chi connectivity index (χ1n) is 5.13. The lowest BCUT2D eigenvalue weighted by molar-refractivity contribution is -0.147. The first kappa shape index (κ1) is 13.5. The van der Waals surface area contributed by atoms with Gasteiger partial charge in [0.2, 0.25) is 0 Å². The first-order valence-corrected chi connectivity index (χ1v) is 6.36. The maximum Gasteiger partial charge on any atom is 0.181 e. The molecule has 1 N–H and O–H groups in total. The van der Waals surface area contributed by atoms with Gasteiger partial charge in [-0.1, -0.05) is 12.1 Å². The average Bonchev–Trinajstić information content (AvgIpc) is 2.29. The van der Waals surface area contributed by atoms with Crippen LogP contribution in [0.1, 0.15) is 18.8 Å². The van der Waals surface area contributed by atoms with E-state index in [1.165, 1.54) is 0 Å². The van der Waals surface area contributed by atoms with Gasteiger partial charge in [-0.25, -0.2) is 0 Å². The Labute approximate surface area is 101 Å². The Kier molecular flexibility index (Phi) is 5.84. The highest BCUT2D eigenvalue weighted by Crippen LogP contribution is 2.22. The monoisotopic (exact) mass is 242 g/mol. The number of methoxy groups -OCH3 is 1. The van der Waals surface area contributed by atoms with E-state index in [1.54, 1.807) is 18.9 Å². The Morgan fingerprint density at radius 3 is 2.81 bits per heavy atom. The second kappa shape index (κ2) is 6.91. The standard InChI is InChI=1S/C12H18O3S/c1-9(8-14-2)15-12(13)10-5-4-6-11(7-10)16-3/h4-7,9,12-13H,8H2,1-3H3. The van der Waals surface area contributed by atoms with E-state index in [1.807, 2.05) is 37.4 Å². The summed E-state index contributed by atoms with van der Waals surface area (Å²) in [7, 11) is 1.61. The lowest BCUT2D eigenvalue weighted by Crippen LogP contribution is -2.18. The smallest absolute Gasteiger partial charge is 0.181 e. The number of aliphatic hydroxyl groups excluding tert-OH is 1. The molecule has 0 aliphatic heterocycles. The van der Waals surface area contributed by atoms with E-state index in [9.17, 15) is 5.11 Å². The number of benzene rings is 1. The van der Waals surface area contributed by atoms with E-state index in [2.05, 4.69) is 0 Å². The molecular weight excluding hydrogens is 224 g/mol. The molecule has 4 heteroatoms. The third-order valence-corrected chi connectivity index (χ3v) is 2.87. The van der Waals surface area contributed by atoms with Crippen LogP contribution in [-0.2, 0) is 9.47 Å². The highest BCUT2D eigenvalue weighted by Gasteiger charge is 2.12. The Balaban J connectivity index is 2.61. The second-order valence-corrected chi connectivity index (χ2v) is 4.41. The molecule has 0 spiro atoms. The molecule has 0 aromatic heterocycles. The molecule has 2 atom stereocenters. The SMILES string of the molecule is COCC(C)OC(O)c1cccc(SC)c1. The Bertz CT molecular complexity index is 317. The molecule has 0 fully saturated rings. The third kappa shape index (κ3) is 4.14. The van der Waals surface area contributed by atoms with Crippen LogP contribution in [0.25, 0.3) is 0 Å². The molecule has 1 aromatic rings. The van der Waals surface area contributed by atoms with E-state index in [0.29, 0.717) is 6.61 Å². The predicted molar refractivity (Wildman–Crippen MR) is 65.6 cm³/mol. The van der Waals surface area contributed by atoms with E-state index < -0.39 is 6.29 Å². The topological polar surface area (TPSA) is 38.7 Å². The summed E-state index contributed by atoms with van der Waals surface area (Å²) in [6, 6.07) is 7.69. The molecule has 0 aliphatic rings. The summed E-state index contributed by atoms with van der Waals surface area (Å²) in [5, 5.41) is 9.85. The Morgan fingerprint density at radius 1 is 1.44 bits per heavy atom. The van der Waals surface area contributed by atoms with Crippen molar-refractivity contribution in [1.82, 2.24) is 0 Å². The summed E-state index contributed by atoms with van der Waals surface area (Å²) in [6.45, 7) is 2.34. The van der Waals surface area contributed by atoms with Crippen molar-refractivity contribution in [3.63, 3.8) is 0 Å². The number of ether oxygens (including phenoxy) is 2. The van der Waals surface area contributed by atoms with Gasteiger partial charge in [0.15, 0.2) is 6.29 Å². The van der Waals surface area contributed by atoms with Crippen LogP contribution in [0.3, 0.4) is 0 Å². The molecule has 0 saturated heterocycles. The van der Waals surface area contributed by atoms with Gasteiger partial charge in [-0.05, 0) is 25.3 Å². The lowest BCUT2D eigenvalue weighted by atomic mass is 10.2. The lowest BCUT2D eigenvalue weighted by Gasteiger charge is -2.18. The van der Waals surface area contributed by atoms with Crippen LogP contribution in [0, 0.1) is 0 Å². The van der Waals surface area contributed by atoms with Gasteiger partial charge in [0, 0.05) is 17.6 Å². The van der Waals surface area contributed by atoms with Crippen molar-refractivity contribution in [2.45, 2.75) is 24.2 Å². The first-order chi connectivity index (χ1) is 7.67. The fourth-order valence-corrected chi connectivity index (χ4v) is 1.84. The Morgan fingerprint density at radius 2 is 2.19 bits per heavy atom. The van der Waals surface area contributed by atoms with Crippen molar-refractivity contribution in [3.8, 4) is 0 Å². The van der Waals surface area contributed by atoms with Crippen molar-refractivity contribution >= 4 is 11.8 Å². The third-order valence-electron chi connectivity index (χ3n) is 2.14. The molecule has 90 valence electrons. The van der Waals surface area contributed by atoms with Gasteiger partial charge < -0.3 is 14.6 Å². The zero-order chi connectivity index (χ0) is 12.0. The minimum Gasteiger partial charge on any atom is -0.382 e. The summed E-state index contributed by atoms with van der Waals surface area (Å²) in [4.78, 5) is 1.11. The molecule has 0 amide bonds. The van der Waals surface area contributed by atoms with Gasteiger partial charge in [0.1, 0.15) is 0 Å². The predicted octanol–water partition coefficient (Wildman–Crippen LogP) is 2.45. The summed E-state index contributed by atoms with van der Waals surface area (Å²) < 4.78 is 10.3. The summed E-state index contributed by atoms with van der Waals surface area (Å²) in [5.74, 6) is 0.